The van der Waals surface area contributed by atoms with Gasteiger partial charge in [-0.05, 0) is 102 Å². The molecule has 0 saturated carbocycles. The molecule has 1 aliphatic carbocycles. The molecule has 7 nitrogen and oxygen atoms in total. The minimum atomic E-state index is -5.04. The minimum Gasteiger partial charge on any atom is -0.496 e. The van der Waals surface area contributed by atoms with Crippen LogP contribution in [-0.2, 0) is 21.8 Å². The summed E-state index contributed by atoms with van der Waals surface area (Å²) in [5.41, 5.74) is 0.796. The lowest BCUT2D eigenvalue weighted by Crippen LogP contribution is -2.35. The average molecular weight is 706 g/mol. The highest BCUT2D eigenvalue weighted by Crippen LogP contribution is 2.47. The number of esters is 1. The predicted molar refractivity (Wildman–Crippen MR) is 173 cm³/mol. The monoisotopic (exact) mass is 705 g/mol. The summed E-state index contributed by atoms with van der Waals surface area (Å²) in [6.45, 7) is 5.75. The Morgan fingerprint density at radius 2 is 1.48 bits per heavy atom. The molecule has 0 N–H and O–H groups in total. The molecule has 0 aromatic heterocycles. The summed E-state index contributed by atoms with van der Waals surface area (Å²) >= 11 is 0. The van der Waals surface area contributed by atoms with Crippen LogP contribution in [0.5, 0.6) is 11.5 Å². The van der Waals surface area contributed by atoms with Crippen LogP contribution in [0.15, 0.2) is 60.2 Å². The van der Waals surface area contributed by atoms with E-state index in [1.54, 1.807) is 25.1 Å². The molecule has 268 valence electrons. The zero-order valence-corrected chi connectivity index (χ0v) is 28.3. The van der Waals surface area contributed by atoms with Crippen LogP contribution in [0.4, 0.5) is 31.1 Å². The molecule has 0 spiro atoms. The van der Waals surface area contributed by atoms with Crippen LogP contribution < -0.4 is 9.47 Å². The van der Waals surface area contributed by atoms with E-state index in [1.807, 2.05) is 18.2 Å². The molecular formula is C37H37F6NO6. The molecule has 50 heavy (non-hydrogen) atoms. The van der Waals surface area contributed by atoms with Crippen LogP contribution in [0.1, 0.15) is 78.7 Å². The third-order valence-corrected chi connectivity index (χ3v) is 9.33. The Balaban J connectivity index is 1.55. The lowest BCUT2D eigenvalue weighted by molar-refractivity contribution is -0.143. The van der Waals surface area contributed by atoms with Crippen molar-refractivity contribution >= 4 is 17.6 Å². The van der Waals surface area contributed by atoms with E-state index in [4.69, 9.17) is 18.9 Å². The van der Waals surface area contributed by atoms with Gasteiger partial charge in [0.25, 0.3) is 0 Å². The zero-order valence-electron chi connectivity index (χ0n) is 28.3. The number of cyclic esters (lactones) is 1. The summed E-state index contributed by atoms with van der Waals surface area (Å²) in [4.78, 5) is 26.9. The summed E-state index contributed by atoms with van der Waals surface area (Å²) in [5.74, 6) is 0.345. The lowest BCUT2D eigenvalue weighted by atomic mass is 9.72. The quantitative estimate of drug-likeness (QED) is 0.172. The Kier molecular flexibility index (Phi) is 9.92. The number of rotatable bonds is 8. The fourth-order valence-electron chi connectivity index (χ4n) is 6.67. The first kappa shape index (κ1) is 36.6. The zero-order chi connectivity index (χ0) is 36.8. The van der Waals surface area contributed by atoms with E-state index in [9.17, 15) is 35.9 Å². The molecule has 1 saturated heterocycles. The Morgan fingerprint density at radius 3 is 2.06 bits per heavy atom. The normalized spacial score (nSPS) is 19.4. The van der Waals surface area contributed by atoms with Crippen LogP contribution >= 0.6 is 0 Å². The summed E-state index contributed by atoms with van der Waals surface area (Å²) in [6, 6.07) is 11.1. The number of amides is 1. The molecule has 1 aliphatic heterocycles. The van der Waals surface area contributed by atoms with Gasteiger partial charge in [0, 0.05) is 12.1 Å². The number of alkyl halides is 6. The van der Waals surface area contributed by atoms with Gasteiger partial charge in [0.15, 0.2) is 0 Å². The number of halogens is 6. The smallest absolute Gasteiger partial charge is 0.416 e. The summed E-state index contributed by atoms with van der Waals surface area (Å²) in [5, 5.41) is 0. The summed E-state index contributed by atoms with van der Waals surface area (Å²) < 4.78 is 103. The summed E-state index contributed by atoms with van der Waals surface area (Å²) in [6.07, 6.45) is -10.3. The fraction of sp³-hybridized carbons (Fsp3) is 0.405. The van der Waals surface area contributed by atoms with Crippen molar-refractivity contribution in [3.8, 4) is 22.6 Å². The maximum Gasteiger partial charge on any atom is 0.416 e. The molecule has 1 heterocycles. The summed E-state index contributed by atoms with van der Waals surface area (Å²) in [7, 11) is 4.26. The molecule has 3 aromatic rings. The number of hydrogen-bond donors (Lipinski definition) is 0. The van der Waals surface area contributed by atoms with Gasteiger partial charge in [0.2, 0.25) is 0 Å². The van der Waals surface area contributed by atoms with E-state index >= 15 is 0 Å². The minimum absolute atomic E-state index is 0.0371. The van der Waals surface area contributed by atoms with Gasteiger partial charge >= 0.3 is 24.4 Å². The maximum absolute atomic E-state index is 13.6. The third kappa shape index (κ3) is 7.41. The number of methoxy groups -OCH3 is 3. The van der Waals surface area contributed by atoms with Crippen LogP contribution in [-0.4, -0.2) is 50.9 Å². The molecule has 1 unspecified atom stereocenters. The second-order valence-corrected chi connectivity index (χ2v) is 13.3. The van der Waals surface area contributed by atoms with Crippen molar-refractivity contribution in [1.82, 2.24) is 4.90 Å². The molecule has 2 atom stereocenters. The molecule has 13 heteroatoms. The predicted octanol–water partition coefficient (Wildman–Crippen LogP) is 9.74. The van der Waals surface area contributed by atoms with Crippen molar-refractivity contribution in [2.24, 2.45) is 5.41 Å². The topological polar surface area (TPSA) is 74.3 Å². The molecule has 0 bridgehead atoms. The third-order valence-electron chi connectivity index (χ3n) is 9.33. The first-order valence-corrected chi connectivity index (χ1v) is 15.8. The van der Waals surface area contributed by atoms with Crippen LogP contribution in [0.2, 0.25) is 0 Å². The number of benzene rings is 3. The highest BCUT2D eigenvalue weighted by molar-refractivity contribution is 5.93. The standard InChI is InChI=1S/C37H37F6NO6/c1-20-32(23-13-25(36(38,39)40)17-26(14-23)37(41,42)43)50-34(46)44(20)19-24-18-35(2,3)12-11-27(24)29-15-21(8-10-30(29)47-4)22-7-9-28(33(45)49-6)31(16-22)48-5/h7-10,13-17,20,32H,11-12,18-19H2,1-6H3/t20-,32?/m0/s1. The molecule has 1 fully saturated rings. The van der Waals surface area contributed by atoms with Crippen molar-refractivity contribution in [2.45, 2.75) is 64.5 Å². The molecular weight excluding hydrogens is 668 g/mol. The fourth-order valence-corrected chi connectivity index (χ4v) is 6.67. The molecule has 0 radical (unpaired) electrons. The van der Waals surface area contributed by atoms with Gasteiger partial charge in [0.05, 0.1) is 38.5 Å². The van der Waals surface area contributed by atoms with E-state index in [-0.39, 0.29) is 23.6 Å². The largest absolute Gasteiger partial charge is 0.496 e. The number of ether oxygens (including phenoxy) is 4. The van der Waals surface area contributed by atoms with E-state index in [2.05, 4.69) is 13.8 Å². The van der Waals surface area contributed by atoms with Crippen molar-refractivity contribution in [1.29, 1.82) is 0 Å². The van der Waals surface area contributed by atoms with Crippen molar-refractivity contribution in [2.75, 3.05) is 27.9 Å². The van der Waals surface area contributed by atoms with Crippen molar-refractivity contribution in [3.63, 3.8) is 0 Å². The van der Waals surface area contributed by atoms with Crippen LogP contribution in [0, 0.1) is 5.41 Å². The Hall–Kier alpha value is -4.68. The van der Waals surface area contributed by atoms with Gasteiger partial charge in [-0.1, -0.05) is 26.0 Å². The van der Waals surface area contributed by atoms with E-state index < -0.39 is 53.3 Å². The van der Waals surface area contributed by atoms with Crippen LogP contribution in [0.25, 0.3) is 16.7 Å². The highest BCUT2D eigenvalue weighted by Gasteiger charge is 2.44. The Morgan fingerprint density at radius 1 is 0.880 bits per heavy atom. The van der Waals surface area contributed by atoms with Gasteiger partial charge in [-0.2, -0.15) is 26.3 Å². The average Bonchev–Trinajstić information content (AvgIpc) is 3.34. The van der Waals surface area contributed by atoms with Gasteiger partial charge in [-0.25, -0.2) is 9.59 Å². The SMILES string of the molecule is COC(=O)c1ccc(-c2ccc(OC)c(C3=C(CN4C(=O)OC(c5cc(C(F)(F)F)cc(C(F)(F)F)c5)[C@@H]4C)CC(C)(C)CC3)c2)cc1OC. The highest BCUT2D eigenvalue weighted by atomic mass is 19.4. The lowest BCUT2D eigenvalue weighted by Gasteiger charge is -2.36. The van der Waals surface area contributed by atoms with Gasteiger partial charge < -0.3 is 18.9 Å². The van der Waals surface area contributed by atoms with Crippen molar-refractivity contribution in [3.05, 3.63) is 88.0 Å². The Labute approximate surface area is 285 Å². The molecule has 5 rings (SSSR count). The van der Waals surface area contributed by atoms with Gasteiger partial charge in [0.1, 0.15) is 23.2 Å². The Bertz CT molecular complexity index is 1800. The molecule has 1 amide bonds. The van der Waals surface area contributed by atoms with E-state index in [0.717, 1.165) is 34.3 Å². The first-order chi connectivity index (χ1) is 23.4. The van der Waals surface area contributed by atoms with E-state index in [0.29, 0.717) is 36.5 Å². The second-order valence-electron chi connectivity index (χ2n) is 13.3. The number of nitrogens with zero attached hydrogens (tertiary/aromatic N) is 1. The number of hydrogen-bond acceptors (Lipinski definition) is 6. The van der Waals surface area contributed by atoms with Crippen molar-refractivity contribution < 1.29 is 54.9 Å². The van der Waals surface area contributed by atoms with E-state index in [1.165, 1.54) is 26.2 Å². The number of carbonyl (C=O) groups excluding carboxylic acids is 2. The first-order valence-electron chi connectivity index (χ1n) is 15.8. The number of carbonyl (C=O) groups is 2. The molecule has 2 aliphatic rings. The maximum atomic E-state index is 13.6. The molecule has 3 aromatic carbocycles. The van der Waals surface area contributed by atoms with Gasteiger partial charge in [-0.3, -0.25) is 4.90 Å². The second kappa shape index (κ2) is 13.6. The number of allylic oxidation sites excluding steroid dienone is 1. The van der Waals surface area contributed by atoms with Gasteiger partial charge in [-0.15, -0.1) is 0 Å². The van der Waals surface area contributed by atoms with Crippen LogP contribution in [0.3, 0.4) is 0 Å².